The van der Waals surface area contributed by atoms with Crippen LogP contribution in [0.2, 0.25) is 5.02 Å². The van der Waals surface area contributed by atoms with Gasteiger partial charge in [0.2, 0.25) is 10.0 Å². The number of sulfonamides is 1. The van der Waals surface area contributed by atoms with Gasteiger partial charge in [0.15, 0.2) is 5.82 Å². The van der Waals surface area contributed by atoms with E-state index >= 15 is 0 Å². The molecule has 0 bridgehead atoms. The largest absolute Gasteiger partial charge is 0.347 e. The van der Waals surface area contributed by atoms with E-state index in [0.29, 0.717) is 5.56 Å². The number of nitrogens with zero attached hydrogens (tertiary/aromatic N) is 2. The molecule has 2 aromatic heterocycles. The van der Waals surface area contributed by atoms with Gasteiger partial charge in [0.05, 0.1) is 10.3 Å². The van der Waals surface area contributed by atoms with E-state index in [0.717, 1.165) is 35.9 Å². The summed E-state index contributed by atoms with van der Waals surface area (Å²) >= 11 is 5.84. The second-order valence-corrected chi connectivity index (χ2v) is 11.6. The van der Waals surface area contributed by atoms with Gasteiger partial charge in [-0.1, -0.05) is 44.5 Å². The van der Waals surface area contributed by atoms with Gasteiger partial charge in [-0.15, -0.1) is 0 Å². The number of hydrogen-bond acceptors (Lipinski definition) is 3. The van der Waals surface area contributed by atoms with Gasteiger partial charge in [0.1, 0.15) is 5.69 Å². The van der Waals surface area contributed by atoms with E-state index in [1.165, 1.54) is 12.3 Å². The van der Waals surface area contributed by atoms with Crippen LogP contribution in [0.3, 0.4) is 0 Å². The molecule has 1 saturated carbocycles. The van der Waals surface area contributed by atoms with Crippen molar-refractivity contribution in [3.05, 3.63) is 53.1 Å². The number of fused-ring (bicyclic) bond motifs is 1. The van der Waals surface area contributed by atoms with Gasteiger partial charge >= 0.3 is 0 Å². The lowest BCUT2D eigenvalue weighted by Crippen LogP contribution is -2.26. The minimum atomic E-state index is -3.27. The van der Waals surface area contributed by atoms with Gasteiger partial charge in [-0.3, -0.25) is 4.98 Å². The fourth-order valence-electron chi connectivity index (χ4n) is 3.60. The second-order valence-electron chi connectivity index (χ2n) is 9.12. The molecule has 0 radical (unpaired) electrons. The summed E-state index contributed by atoms with van der Waals surface area (Å²) in [5.74, 6) is -0.479. The van der Waals surface area contributed by atoms with Crippen molar-refractivity contribution in [2.75, 3.05) is 0 Å². The first-order valence-corrected chi connectivity index (χ1v) is 11.9. The second kappa shape index (κ2) is 7.62. The van der Waals surface area contributed by atoms with Crippen LogP contribution in [-0.2, 0) is 23.1 Å². The summed E-state index contributed by atoms with van der Waals surface area (Å²) in [6.45, 7) is 7.38. The highest BCUT2D eigenvalue weighted by Crippen LogP contribution is 2.32. The highest BCUT2D eigenvalue weighted by atomic mass is 35.5. The molecule has 30 heavy (non-hydrogen) atoms. The summed E-state index contributed by atoms with van der Waals surface area (Å²) in [7, 11) is -3.27. The van der Waals surface area contributed by atoms with Crippen LogP contribution in [0.4, 0.5) is 4.39 Å². The Labute approximate surface area is 181 Å². The highest BCUT2D eigenvalue weighted by Gasteiger charge is 2.35. The van der Waals surface area contributed by atoms with Crippen molar-refractivity contribution in [3.63, 3.8) is 0 Å². The zero-order valence-corrected chi connectivity index (χ0v) is 18.8. The van der Waals surface area contributed by atoms with Gasteiger partial charge in [0, 0.05) is 41.9 Å². The van der Waals surface area contributed by atoms with Crippen LogP contribution >= 0.6 is 11.6 Å². The lowest BCUT2D eigenvalue weighted by molar-refractivity contribution is 0.349. The smallest absolute Gasteiger partial charge is 0.214 e. The maximum absolute atomic E-state index is 14.4. The molecule has 4 rings (SSSR count). The molecule has 0 spiro atoms. The van der Waals surface area contributed by atoms with Gasteiger partial charge in [-0.25, -0.2) is 17.5 Å². The number of pyridine rings is 1. The summed E-state index contributed by atoms with van der Waals surface area (Å²) in [4.78, 5) is 4.15. The Morgan fingerprint density at radius 2 is 2.00 bits per heavy atom. The minimum Gasteiger partial charge on any atom is -0.347 e. The Morgan fingerprint density at radius 1 is 1.27 bits per heavy atom. The lowest BCUT2D eigenvalue weighted by atomic mass is 9.97. The molecule has 0 atom stereocenters. The summed E-state index contributed by atoms with van der Waals surface area (Å²) in [6, 6.07) is 6.86. The Hall–Kier alpha value is -1.96. The first-order chi connectivity index (χ1) is 14.0. The number of hydrogen-bond donors (Lipinski definition) is 1. The molecule has 5 nitrogen and oxygen atoms in total. The first kappa shape index (κ1) is 21.3. The standard InChI is InChI=1S/C22H25ClFN3O2S/c1-22(2,3)13-27-12-15(10-26-30(28,29)17-5-6-17)18-7-4-14(8-20(18)27)21-19(24)9-16(23)11-25-21/h4,7-9,11-12,17,26H,5-6,10,13H2,1-3H3. The lowest BCUT2D eigenvalue weighted by Gasteiger charge is -2.20. The predicted molar refractivity (Wildman–Crippen MR) is 118 cm³/mol. The average Bonchev–Trinajstić information content (AvgIpc) is 3.45. The topological polar surface area (TPSA) is 64.0 Å². The van der Waals surface area contributed by atoms with E-state index < -0.39 is 15.8 Å². The van der Waals surface area contributed by atoms with Gasteiger partial charge in [-0.2, -0.15) is 0 Å². The van der Waals surface area contributed by atoms with Crippen molar-refractivity contribution in [1.29, 1.82) is 0 Å². The molecule has 2 heterocycles. The minimum absolute atomic E-state index is 0.0104. The van der Waals surface area contributed by atoms with Crippen molar-refractivity contribution in [2.24, 2.45) is 5.41 Å². The molecule has 1 N–H and O–H groups in total. The van der Waals surface area contributed by atoms with Crippen LogP contribution in [0.25, 0.3) is 22.2 Å². The molecule has 0 saturated heterocycles. The molecular formula is C22H25ClFN3O2S. The quantitative estimate of drug-likeness (QED) is 0.567. The van der Waals surface area contributed by atoms with Gasteiger partial charge < -0.3 is 4.57 Å². The third kappa shape index (κ3) is 4.53. The summed E-state index contributed by atoms with van der Waals surface area (Å²) in [5, 5.41) is 0.931. The van der Waals surface area contributed by atoms with Gasteiger partial charge in [0.25, 0.3) is 0 Å². The summed E-state index contributed by atoms with van der Waals surface area (Å²) < 4.78 is 43.8. The van der Waals surface area contributed by atoms with Crippen LogP contribution < -0.4 is 4.72 Å². The Balaban J connectivity index is 1.76. The molecule has 0 aliphatic heterocycles. The molecule has 0 unspecified atom stereocenters. The van der Waals surface area contributed by atoms with E-state index in [1.54, 1.807) is 0 Å². The van der Waals surface area contributed by atoms with Crippen LogP contribution in [0, 0.1) is 11.2 Å². The molecule has 0 amide bonds. The first-order valence-electron chi connectivity index (χ1n) is 9.95. The van der Waals surface area contributed by atoms with E-state index in [2.05, 4.69) is 35.0 Å². The Bertz CT molecular complexity index is 1210. The van der Waals surface area contributed by atoms with Crippen LogP contribution in [0.15, 0.2) is 36.7 Å². The van der Waals surface area contributed by atoms with E-state index in [-0.39, 0.29) is 27.9 Å². The third-order valence-corrected chi connectivity index (χ3v) is 7.22. The molecule has 1 aliphatic rings. The van der Waals surface area contributed by atoms with Crippen molar-refractivity contribution in [2.45, 2.75) is 52.0 Å². The molecule has 3 aromatic rings. The van der Waals surface area contributed by atoms with Crippen molar-refractivity contribution in [1.82, 2.24) is 14.3 Å². The predicted octanol–water partition coefficient (Wildman–Crippen LogP) is 5.12. The molecule has 160 valence electrons. The van der Waals surface area contributed by atoms with E-state index in [1.807, 2.05) is 24.4 Å². The highest BCUT2D eigenvalue weighted by molar-refractivity contribution is 7.90. The van der Waals surface area contributed by atoms with Crippen molar-refractivity contribution in [3.8, 4) is 11.3 Å². The van der Waals surface area contributed by atoms with Gasteiger partial charge in [-0.05, 0) is 36.0 Å². The molecule has 1 aliphatic carbocycles. The maximum Gasteiger partial charge on any atom is 0.214 e. The monoisotopic (exact) mass is 449 g/mol. The normalized spacial score (nSPS) is 15.1. The molecule has 1 fully saturated rings. The fourth-order valence-corrected chi connectivity index (χ4v) is 5.09. The van der Waals surface area contributed by atoms with Crippen LogP contribution in [0.5, 0.6) is 0 Å². The molecular weight excluding hydrogens is 425 g/mol. The van der Waals surface area contributed by atoms with Crippen molar-refractivity contribution < 1.29 is 12.8 Å². The summed E-state index contributed by atoms with van der Waals surface area (Å²) in [5.41, 5.74) is 2.71. The number of halogens is 2. The number of aromatic nitrogens is 2. The number of rotatable bonds is 6. The van der Waals surface area contributed by atoms with E-state index in [4.69, 9.17) is 11.6 Å². The fraction of sp³-hybridized carbons (Fsp3) is 0.409. The Morgan fingerprint density at radius 3 is 2.63 bits per heavy atom. The Kier molecular flexibility index (Phi) is 5.41. The zero-order chi connectivity index (χ0) is 21.7. The molecule has 1 aromatic carbocycles. The van der Waals surface area contributed by atoms with Crippen LogP contribution in [0.1, 0.15) is 39.2 Å². The number of benzene rings is 1. The van der Waals surface area contributed by atoms with Crippen LogP contribution in [-0.4, -0.2) is 23.2 Å². The zero-order valence-electron chi connectivity index (χ0n) is 17.2. The van der Waals surface area contributed by atoms with E-state index in [9.17, 15) is 12.8 Å². The summed E-state index contributed by atoms with van der Waals surface area (Å²) in [6.07, 6.45) is 4.87. The number of nitrogens with one attached hydrogen (secondary N) is 1. The molecule has 8 heteroatoms. The third-order valence-electron chi connectivity index (χ3n) is 5.12. The maximum atomic E-state index is 14.4. The van der Waals surface area contributed by atoms with Crippen molar-refractivity contribution >= 4 is 32.5 Å². The average molecular weight is 450 g/mol. The SMILES string of the molecule is CC(C)(C)Cn1cc(CNS(=O)(=O)C2CC2)c2ccc(-c3ncc(Cl)cc3F)cc21.